The van der Waals surface area contributed by atoms with Gasteiger partial charge in [0.1, 0.15) is 0 Å². The Morgan fingerprint density at radius 1 is 1.41 bits per heavy atom. The van der Waals surface area contributed by atoms with E-state index in [0.29, 0.717) is 0 Å². The number of para-hydroxylation sites is 1. The Morgan fingerprint density at radius 3 is 2.47 bits per heavy atom. The highest BCUT2D eigenvalue weighted by Gasteiger charge is 2.20. The van der Waals surface area contributed by atoms with Crippen molar-refractivity contribution >= 4 is 33.3 Å². The number of carboxylic acids is 1. The number of halogens is 1. The number of aliphatic carboxylic acids is 1. The molecule has 7 heteroatoms. The van der Waals surface area contributed by atoms with Crippen LogP contribution in [0.5, 0.6) is 0 Å². The first-order chi connectivity index (χ1) is 7.82. The summed E-state index contributed by atoms with van der Waals surface area (Å²) in [5.74, 6) is -1.06. The number of rotatable bonds is 5. The average molecular weight is 278 g/mol. The van der Waals surface area contributed by atoms with E-state index in [1.165, 1.54) is 6.07 Å². The lowest BCUT2D eigenvalue weighted by molar-refractivity contribution is -0.136. The van der Waals surface area contributed by atoms with Gasteiger partial charge in [-0.3, -0.25) is 9.10 Å². The van der Waals surface area contributed by atoms with Crippen LogP contribution in [0.25, 0.3) is 0 Å². The summed E-state index contributed by atoms with van der Waals surface area (Å²) in [6, 6.07) is 6.39. The zero-order valence-electron chi connectivity index (χ0n) is 9.13. The van der Waals surface area contributed by atoms with E-state index in [0.717, 1.165) is 10.6 Å². The number of sulfonamides is 1. The van der Waals surface area contributed by atoms with E-state index in [1.54, 1.807) is 18.2 Å². The third-order valence-electron chi connectivity index (χ3n) is 2.05. The maximum atomic E-state index is 11.6. The van der Waals surface area contributed by atoms with Crippen molar-refractivity contribution in [1.82, 2.24) is 0 Å². The molecule has 0 saturated heterocycles. The molecule has 0 aliphatic heterocycles. The van der Waals surface area contributed by atoms with Crippen molar-refractivity contribution < 1.29 is 18.3 Å². The number of carboxylic acid groups (broad SMARTS) is 1. The Balaban J connectivity index is 3.08. The molecule has 5 nitrogen and oxygen atoms in total. The van der Waals surface area contributed by atoms with E-state index in [2.05, 4.69) is 0 Å². The summed E-state index contributed by atoms with van der Waals surface area (Å²) in [7, 11) is -3.55. The van der Waals surface area contributed by atoms with Gasteiger partial charge in [0, 0.05) is 6.54 Å². The fraction of sp³-hybridized carbons (Fsp3) is 0.300. The van der Waals surface area contributed by atoms with Crippen LogP contribution >= 0.6 is 11.6 Å². The Kier molecular flexibility index (Phi) is 4.36. The Hall–Kier alpha value is -1.27. The Labute approximate surface area is 105 Å². The van der Waals surface area contributed by atoms with Gasteiger partial charge in [-0.1, -0.05) is 23.7 Å². The van der Waals surface area contributed by atoms with Crippen LogP contribution in [0, 0.1) is 0 Å². The number of hydrogen-bond acceptors (Lipinski definition) is 3. The second-order valence-corrected chi connectivity index (χ2v) is 5.74. The molecule has 0 heterocycles. The van der Waals surface area contributed by atoms with Gasteiger partial charge in [-0.2, -0.15) is 0 Å². The molecule has 0 atom stereocenters. The molecule has 0 radical (unpaired) electrons. The normalized spacial score (nSPS) is 11.2. The molecular formula is C10H12ClNO4S. The highest BCUT2D eigenvalue weighted by atomic mass is 35.5. The SMILES string of the molecule is CS(=O)(=O)N(CCC(=O)O)c1ccccc1Cl. The van der Waals surface area contributed by atoms with Crippen molar-refractivity contribution in [2.24, 2.45) is 0 Å². The fourth-order valence-corrected chi connectivity index (χ4v) is 2.54. The average Bonchev–Trinajstić information content (AvgIpc) is 2.18. The quantitative estimate of drug-likeness (QED) is 0.887. The van der Waals surface area contributed by atoms with Crippen molar-refractivity contribution in [3.8, 4) is 0 Å². The van der Waals surface area contributed by atoms with Crippen LogP contribution in [0.3, 0.4) is 0 Å². The Bertz CT molecular complexity index is 515. The van der Waals surface area contributed by atoms with Crippen LogP contribution < -0.4 is 4.31 Å². The molecule has 17 heavy (non-hydrogen) atoms. The number of nitrogens with zero attached hydrogens (tertiary/aromatic N) is 1. The smallest absolute Gasteiger partial charge is 0.305 e. The highest BCUT2D eigenvalue weighted by Crippen LogP contribution is 2.27. The summed E-state index contributed by atoms with van der Waals surface area (Å²) in [5, 5.41) is 8.86. The molecule has 1 N–H and O–H groups in total. The maximum absolute atomic E-state index is 11.6. The third-order valence-corrected chi connectivity index (χ3v) is 3.55. The molecule has 1 rings (SSSR count). The summed E-state index contributed by atoms with van der Waals surface area (Å²) in [6.07, 6.45) is 0.733. The highest BCUT2D eigenvalue weighted by molar-refractivity contribution is 7.92. The van der Waals surface area contributed by atoms with E-state index in [4.69, 9.17) is 16.7 Å². The summed E-state index contributed by atoms with van der Waals surface area (Å²) in [5.41, 5.74) is 0.290. The van der Waals surface area contributed by atoms with Crippen LogP contribution in [0.15, 0.2) is 24.3 Å². The number of benzene rings is 1. The van der Waals surface area contributed by atoms with Gasteiger partial charge in [-0.25, -0.2) is 8.42 Å². The number of carbonyl (C=O) groups is 1. The minimum Gasteiger partial charge on any atom is -0.481 e. The number of anilines is 1. The number of hydrogen-bond donors (Lipinski definition) is 1. The van der Waals surface area contributed by atoms with Crippen molar-refractivity contribution in [2.75, 3.05) is 17.1 Å². The van der Waals surface area contributed by atoms with Gasteiger partial charge >= 0.3 is 5.97 Å². The van der Waals surface area contributed by atoms with Gasteiger partial charge in [0.05, 0.1) is 23.4 Å². The monoisotopic (exact) mass is 277 g/mol. The lowest BCUT2D eigenvalue weighted by Crippen LogP contribution is -2.32. The zero-order chi connectivity index (χ0) is 13.1. The second kappa shape index (κ2) is 5.37. The van der Waals surface area contributed by atoms with E-state index in [1.807, 2.05) is 0 Å². The van der Waals surface area contributed by atoms with Gasteiger partial charge in [-0.05, 0) is 12.1 Å². The molecule has 0 fully saturated rings. The molecule has 0 bridgehead atoms. The van der Waals surface area contributed by atoms with E-state index < -0.39 is 16.0 Å². The van der Waals surface area contributed by atoms with Crippen LogP contribution in [0.2, 0.25) is 5.02 Å². The molecule has 0 aliphatic carbocycles. The van der Waals surface area contributed by atoms with Gasteiger partial charge in [0.25, 0.3) is 0 Å². The summed E-state index contributed by atoms with van der Waals surface area (Å²) < 4.78 is 24.1. The van der Waals surface area contributed by atoms with Gasteiger partial charge < -0.3 is 5.11 Å². The minimum absolute atomic E-state index is 0.141. The fourth-order valence-electron chi connectivity index (χ4n) is 1.32. The lowest BCUT2D eigenvalue weighted by atomic mass is 10.3. The van der Waals surface area contributed by atoms with Gasteiger partial charge in [0.2, 0.25) is 10.0 Å². The summed E-state index contributed by atoms with van der Waals surface area (Å²) in [6.45, 7) is -0.141. The molecule has 94 valence electrons. The van der Waals surface area contributed by atoms with Crippen molar-refractivity contribution in [3.63, 3.8) is 0 Å². The standard InChI is InChI=1S/C10H12ClNO4S/c1-17(15,16)12(7-6-10(13)14)9-5-3-2-4-8(9)11/h2-5H,6-7H2,1H3,(H,13,14). The molecule has 0 aliphatic rings. The predicted molar refractivity (Wildman–Crippen MR) is 65.9 cm³/mol. The van der Waals surface area contributed by atoms with Crippen LogP contribution in [0.4, 0.5) is 5.69 Å². The molecule has 1 aromatic carbocycles. The molecule has 0 aromatic heterocycles. The van der Waals surface area contributed by atoms with Crippen molar-refractivity contribution in [1.29, 1.82) is 0 Å². The molecule has 0 saturated carbocycles. The van der Waals surface area contributed by atoms with Gasteiger partial charge in [-0.15, -0.1) is 0 Å². The van der Waals surface area contributed by atoms with Crippen molar-refractivity contribution in [3.05, 3.63) is 29.3 Å². The van der Waals surface area contributed by atoms with Crippen molar-refractivity contribution in [2.45, 2.75) is 6.42 Å². The third kappa shape index (κ3) is 3.90. The summed E-state index contributed by atoms with van der Waals surface area (Å²) in [4.78, 5) is 10.5. The lowest BCUT2D eigenvalue weighted by Gasteiger charge is -2.22. The van der Waals surface area contributed by atoms with Gasteiger partial charge in [0.15, 0.2) is 0 Å². The van der Waals surface area contributed by atoms with Crippen LogP contribution in [-0.2, 0) is 14.8 Å². The van der Waals surface area contributed by atoms with E-state index >= 15 is 0 Å². The predicted octanol–water partition coefficient (Wildman–Crippen LogP) is 1.58. The zero-order valence-corrected chi connectivity index (χ0v) is 10.7. The summed E-state index contributed by atoms with van der Waals surface area (Å²) >= 11 is 5.89. The maximum Gasteiger partial charge on any atom is 0.305 e. The molecule has 0 amide bonds. The Morgan fingerprint density at radius 2 is 2.00 bits per heavy atom. The van der Waals surface area contributed by atoms with Crippen LogP contribution in [-0.4, -0.2) is 32.3 Å². The molecule has 1 aromatic rings. The minimum atomic E-state index is -3.55. The largest absolute Gasteiger partial charge is 0.481 e. The first kappa shape index (κ1) is 13.8. The second-order valence-electron chi connectivity index (χ2n) is 3.43. The topological polar surface area (TPSA) is 74.7 Å². The first-order valence-corrected chi connectivity index (χ1v) is 6.99. The van der Waals surface area contributed by atoms with E-state index in [9.17, 15) is 13.2 Å². The van der Waals surface area contributed by atoms with Crippen LogP contribution in [0.1, 0.15) is 6.42 Å². The molecule has 0 unspecified atom stereocenters. The molecule has 0 spiro atoms. The van der Waals surface area contributed by atoms with E-state index in [-0.39, 0.29) is 23.7 Å². The molecular weight excluding hydrogens is 266 g/mol. The first-order valence-electron chi connectivity index (χ1n) is 4.76.